The van der Waals surface area contributed by atoms with E-state index in [4.69, 9.17) is 11.8 Å². The third-order valence-corrected chi connectivity index (χ3v) is 1.89. The fourth-order valence-corrected chi connectivity index (χ4v) is 1.32. The largest absolute Gasteiger partial charge is 0.345 e. The highest BCUT2D eigenvalue weighted by Crippen LogP contribution is 2.11. The molecular weight excluding hydrogens is 174 g/mol. The van der Waals surface area contributed by atoms with Crippen LogP contribution in [0.3, 0.4) is 0 Å². The number of hydrogen-bond acceptors (Lipinski definition) is 2. The third kappa shape index (κ3) is 1.29. The van der Waals surface area contributed by atoms with Gasteiger partial charge in [-0.2, -0.15) is 0 Å². The highest BCUT2D eigenvalue weighted by Gasteiger charge is 1.96. The molecule has 2 aromatic rings. The van der Waals surface area contributed by atoms with E-state index >= 15 is 0 Å². The van der Waals surface area contributed by atoms with E-state index in [9.17, 15) is 0 Å². The summed E-state index contributed by atoms with van der Waals surface area (Å²) in [6.45, 7) is 0.663. The molecule has 1 aromatic carbocycles. The number of nitrogens with zero attached hydrogens (tertiary/aromatic N) is 1. The Hall–Kier alpha value is -1.06. The smallest absolute Gasteiger partial charge is 0.0931 e. The molecule has 2 N–H and O–H groups in total. The summed E-state index contributed by atoms with van der Waals surface area (Å²) in [7, 11) is 0. The van der Waals surface area contributed by atoms with Gasteiger partial charge in [0.05, 0.1) is 17.4 Å². The van der Waals surface area contributed by atoms with Gasteiger partial charge in [0.15, 0.2) is 0 Å². The molecule has 0 saturated carbocycles. The number of benzene rings is 1. The van der Waals surface area contributed by atoms with E-state index in [1.165, 1.54) is 0 Å². The van der Waals surface area contributed by atoms with E-state index in [0.29, 0.717) is 6.54 Å². The van der Waals surface area contributed by atoms with E-state index in [-0.39, 0.29) is 0 Å². The quantitative estimate of drug-likeness (QED) is 0.694. The van der Waals surface area contributed by atoms with Crippen LogP contribution in [-0.4, -0.2) is 9.97 Å². The van der Waals surface area contributed by atoms with Gasteiger partial charge in [-0.1, -0.05) is 6.07 Å². The summed E-state index contributed by atoms with van der Waals surface area (Å²) >= 11 is 5.39. The lowest BCUT2D eigenvalue weighted by molar-refractivity contribution is 0.966. The predicted molar refractivity (Wildman–Crippen MR) is 48.8 cm³/mol. The molecule has 0 spiro atoms. The van der Waals surface area contributed by atoms with Gasteiger partial charge in [-0.15, -0.1) is 0 Å². The fraction of sp³-hybridized carbons (Fsp3) is 0.125. The Morgan fingerprint density at radius 2 is 2.42 bits per heavy atom. The second kappa shape index (κ2) is 3.13. The minimum Gasteiger partial charge on any atom is -0.345 e. The van der Waals surface area contributed by atoms with Gasteiger partial charge < -0.3 is 4.98 Å². The second-order valence-electron chi connectivity index (χ2n) is 2.56. The summed E-state index contributed by atoms with van der Waals surface area (Å²) in [6, 6.07) is 5.99. The Morgan fingerprint density at radius 3 is 3.25 bits per heavy atom. The summed E-state index contributed by atoms with van der Waals surface area (Å²) in [5.74, 6) is 0. The van der Waals surface area contributed by atoms with Gasteiger partial charge >= 0.3 is 0 Å². The molecule has 0 aliphatic carbocycles. The zero-order valence-corrected chi connectivity index (χ0v) is 7.10. The third-order valence-electron chi connectivity index (χ3n) is 1.76. The number of H-pyrrole nitrogens is 1. The molecule has 0 aliphatic rings. The van der Waals surface area contributed by atoms with Crippen molar-refractivity contribution in [1.82, 2.24) is 14.8 Å². The molecule has 2 rings (SSSR count). The van der Waals surface area contributed by atoms with Crippen LogP contribution in [0.5, 0.6) is 0 Å². The van der Waals surface area contributed by atoms with Crippen molar-refractivity contribution >= 4 is 22.8 Å². The molecule has 0 amide bonds. The molecule has 3 nitrogen and oxygen atoms in total. The van der Waals surface area contributed by atoms with Crippen LogP contribution in [0.2, 0.25) is 0 Å². The first-order valence-electron chi connectivity index (χ1n) is 3.65. The molecule has 4 heteroatoms. The number of imidazole rings is 1. The van der Waals surface area contributed by atoms with Crippen molar-refractivity contribution < 1.29 is 0 Å². The van der Waals surface area contributed by atoms with Gasteiger partial charge in [0, 0.05) is 6.54 Å². The number of hydrogen-bond donors (Lipinski definition) is 2. The number of fused-ring (bicyclic) bond motifs is 1. The summed E-state index contributed by atoms with van der Waals surface area (Å²) in [5, 5.41) is 0. The van der Waals surface area contributed by atoms with Crippen molar-refractivity contribution in [3.05, 3.63) is 30.1 Å². The van der Waals surface area contributed by atoms with Crippen LogP contribution in [0.15, 0.2) is 24.5 Å². The highest BCUT2D eigenvalue weighted by atomic mass is 35.5. The van der Waals surface area contributed by atoms with E-state index in [2.05, 4.69) is 14.8 Å². The Labute approximate surface area is 74.9 Å². The molecule has 1 heterocycles. The van der Waals surface area contributed by atoms with Crippen molar-refractivity contribution in [2.24, 2.45) is 0 Å². The first kappa shape index (κ1) is 7.58. The van der Waals surface area contributed by atoms with E-state index in [0.717, 1.165) is 16.6 Å². The van der Waals surface area contributed by atoms with Crippen molar-refractivity contribution in [3.8, 4) is 0 Å². The molecule has 0 aliphatic heterocycles. The van der Waals surface area contributed by atoms with E-state index in [1.807, 2.05) is 18.2 Å². The predicted octanol–water partition coefficient (Wildman–Crippen LogP) is 1.81. The molecule has 0 atom stereocenters. The SMILES string of the molecule is ClNCc1ccc2nc[nH]c2c1. The maximum atomic E-state index is 5.39. The molecule has 1 aromatic heterocycles. The van der Waals surface area contributed by atoms with Crippen LogP contribution in [0.25, 0.3) is 11.0 Å². The minimum absolute atomic E-state index is 0.663. The number of aromatic nitrogens is 2. The van der Waals surface area contributed by atoms with Crippen LogP contribution in [-0.2, 0) is 6.54 Å². The molecule has 0 bridgehead atoms. The van der Waals surface area contributed by atoms with Crippen LogP contribution in [0, 0.1) is 0 Å². The zero-order chi connectivity index (χ0) is 8.39. The lowest BCUT2D eigenvalue weighted by atomic mass is 10.2. The van der Waals surface area contributed by atoms with Crippen LogP contribution >= 0.6 is 11.8 Å². The summed E-state index contributed by atoms with van der Waals surface area (Å²) in [5.41, 5.74) is 3.16. The first-order chi connectivity index (χ1) is 5.90. The minimum atomic E-state index is 0.663. The molecule has 0 radical (unpaired) electrons. The Bertz CT molecular complexity index is 382. The van der Waals surface area contributed by atoms with Gasteiger partial charge in [-0.25, -0.2) is 9.82 Å². The van der Waals surface area contributed by atoms with Crippen molar-refractivity contribution in [1.29, 1.82) is 0 Å². The van der Waals surface area contributed by atoms with Gasteiger partial charge in [-0.05, 0) is 29.5 Å². The molecule has 0 unspecified atom stereocenters. The van der Waals surface area contributed by atoms with Gasteiger partial charge in [0.1, 0.15) is 0 Å². The maximum Gasteiger partial charge on any atom is 0.0931 e. The number of nitrogens with one attached hydrogen (secondary N) is 2. The van der Waals surface area contributed by atoms with Crippen molar-refractivity contribution in [2.45, 2.75) is 6.54 Å². The Morgan fingerprint density at radius 1 is 1.50 bits per heavy atom. The van der Waals surface area contributed by atoms with E-state index < -0.39 is 0 Å². The van der Waals surface area contributed by atoms with Gasteiger partial charge in [-0.3, -0.25) is 0 Å². The zero-order valence-electron chi connectivity index (χ0n) is 6.34. The monoisotopic (exact) mass is 181 g/mol. The van der Waals surface area contributed by atoms with Crippen LogP contribution < -0.4 is 4.84 Å². The fourth-order valence-electron chi connectivity index (χ4n) is 1.17. The summed E-state index contributed by atoms with van der Waals surface area (Å²) < 4.78 is 0. The van der Waals surface area contributed by atoms with Crippen molar-refractivity contribution in [2.75, 3.05) is 0 Å². The van der Waals surface area contributed by atoms with Crippen molar-refractivity contribution in [3.63, 3.8) is 0 Å². The normalized spacial score (nSPS) is 10.8. The second-order valence-corrected chi connectivity index (χ2v) is 2.83. The average Bonchev–Trinajstić information content (AvgIpc) is 2.51. The Kier molecular flexibility index (Phi) is 1.98. The number of aromatic amines is 1. The number of rotatable bonds is 2. The summed E-state index contributed by atoms with van der Waals surface area (Å²) in [6.07, 6.45) is 1.68. The Balaban J connectivity index is 2.46. The molecule has 62 valence electrons. The van der Waals surface area contributed by atoms with Gasteiger partial charge in [0.2, 0.25) is 0 Å². The van der Waals surface area contributed by atoms with Crippen LogP contribution in [0.1, 0.15) is 5.56 Å². The van der Waals surface area contributed by atoms with Crippen LogP contribution in [0.4, 0.5) is 0 Å². The average molecular weight is 182 g/mol. The topological polar surface area (TPSA) is 40.7 Å². The molecule has 12 heavy (non-hydrogen) atoms. The highest BCUT2D eigenvalue weighted by molar-refractivity contribution is 6.13. The summed E-state index contributed by atoms with van der Waals surface area (Å²) in [4.78, 5) is 9.73. The number of halogens is 1. The lowest BCUT2D eigenvalue weighted by Gasteiger charge is -1.96. The van der Waals surface area contributed by atoms with Gasteiger partial charge in [0.25, 0.3) is 0 Å². The standard InChI is InChI=1S/C8H8ClN3/c9-12-4-6-1-2-7-8(3-6)11-5-10-7/h1-3,5,12H,4H2,(H,10,11). The first-order valence-corrected chi connectivity index (χ1v) is 4.03. The molecular formula is C8H8ClN3. The molecule has 0 saturated heterocycles. The maximum absolute atomic E-state index is 5.39. The molecule has 0 fully saturated rings. The lowest BCUT2D eigenvalue weighted by Crippen LogP contribution is -1.97. The van der Waals surface area contributed by atoms with E-state index in [1.54, 1.807) is 6.33 Å².